The molecule has 114 valence electrons. The second-order valence-corrected chi connectivity index (χ2v) is 6.19. The van der Waals surface area contributed by atoms with Gasteiger partial charge in [0.2, 0.25) is 0 Å². The van der Waals surface area contributed by atoms with Gasteiger partial charge in [-0.05, 0) is 39.3 Å². The molecule has 0 aromatic heterocycles. The summed E-state index contributed by atoms with van der Waals surface area (Å²) in [5.74, 6) is 0. The van der Waals surface area contributed by atoms with Crippen LogP contribution in [0.25, 0.3) is 0 Å². The van der Waals surface area contributed by atoms with E-state index in [1.54, 1.807) is 0 Å². The molecule has 0 bridgehead atoms. The van der Waals surface area contributed by atoms with Crippen molar-refractivity contribution < 1.29 is 9.84 Å². The number of aliphatic hydroxyl groups is 1. The number of nitrogens with zero attached hydrogens (tertiary/aromatic N) is 1. The third-order valence-corrected chi connectivity index (χ3v) is 4.27. The van der Waals surface area contributed by atoms with E-state index in [-0.39, 0.29) is 12.1 Å². The molecule has 0 saturated carbocycles. The van der Waals surface area contributed by atoms with Gasteiger partial charge in [-0.1, -0.05) is 20.8 Å². The molecule has 0 radical (unpaired) electrons. The molecule has 19 heavy (non-hydrogen) atoms. The van der Waals surface area contributed by atoms with Crippen molar-refractivity contribution in [2.75, 3.05) is 33.4 Å². The summed E-state index contributed by atoms with van der Waals surface area (Å²) in [6, 6.07) is 0.997. The van der Waals surface area contributed by atoms with Crippen molar-refractivity contribution in [1.29, 1.82) is 0 Å². The topological polar surface area (TPSA) is 44.7 Å². The molecule has 1 aliphatic heterocycles. The standard InChI is InChI=1S/C15H32N2O2/c1-5-15(12-18,16-13(2)3)8-6-9-17(4)14-7-10-19-11-14/h13-14,16,18H,5-12H2,1-4H3. The van der Waals surface area contributed by atoms with Crippen molar-refractivity contribution >= 4 is 0 Å². The van der Waals surface area contributed by atoms with Crippen molar-refractivity contribution in [2.45, 2.75) is 64.1 Å². The molecule has 0 aromatic carbocycles. The molecule has 0 aromatic rings. The van der Waals surface area contributed by atoms with E-state index < -0.39 is 0 Å². The maximum atomic E-state index is 9.71. The lowest BCUT2D eigenvalue weighted by molar-refractivity contribution is 0.124. The van der Waals surface area contributed by atoms with Crippen LogP contribution in [0.15, 0.2) is 0 Å². The summed E-state index contributed by atoms with van der Waals surface area (Å²) >= 11 is 0. The highest BCUT2D eigenvalue weighted by molar-refractivity contribution is 4.88. The third-order valence-electron chi connectivity index (χ3n) is 4.27. The molecular formula is C15H32N2O2. The van der Waals surface area contributed by atoms with Crippen molar-refractivity contribution in [2.24, 2.45) is 0 Å². The molecule has 2 atom stereocenters. The first kappa shape index (κ1) is 16.9. The van der Waals surface area contributed by atoms with Gasteiger partial charge in [-0.2, -0.15) is 0 Å². The lowest BCUT2D eigenvalue weighted by Gasteiger charge is -2.35. The Hall–Kier alpha value is -0.160. The van der Waals surface area contributed by atoms with Crippen molar-refractivity contribution in [3.8, 4) is 0 Å². The SMILES string of the molecule is CCC(CO)(CCCN(C)C1CCOC1)NC(C)C. The molecule has 4 nitrogen and oxygen atoms in total. The monoisotopic (exact) mass is 272 g/mol. The fourth-order valence-electron chi connectivity index (χ4n) is 2.92. The van der Waals surface area contributed by atoms with Gasteiger partial charge < -0.3 is 20.1 Å². The van der Waals surface area contributed by atoms with Gasteiger partial charge in [-0.25, -0.2) is 0 Å². The van der Waals surface area contributed by atoms with Crippen LogP contribution in [0.1, 0.15) is 46.5 Å². The predicted molar refractivity (Wildman–Crippen MR) is 79.5 cm³/mol. The van der Waals surface area contributed by atoms with Crippen LogP contribution in [0, 0.1) is 0 Å². The van der Waals surface area contributed by atoms with Crippen molar-refractivity contribution in [3.05, 3.63) is 0 Å². The first-order chi connectivity index (χ1) is 9.03. The van der Waals surface area contributed by atoms with Crippen LogP contribution in [0.4, 0.5) is 0 Å². The smallest absolute Gasteiger partial charge is 0.0622 e. The fourth-order valence-corrected chi connectivity index (χ4v) is 2.92. The minimum atomic E-state index is -0.110. The molecule has 1 heterocycles. The van der Waals surface area contributed by atoms with Gasteiger partial charge >= 0.3 is 0 Å². The summed E-state index contributed by atoms with van der Waals surface area (Å²) in [5.41, 5.74) is -0.110. The minimum Gasteiger partial charge on any atom is -0.394 e. The van der Waals surface area contributed by atoms with E-state index in [1.807, 2.05) is 0 Å². The molecule has 2 unspecified atom stereocenters. The van der Waals surface area contributed by atoms with Crippen molar-refractivity contribution in [1.82, 2.24) is 10.2 Å². The number of aliphatic hydroxyl groups excluding tert-OH is 1. The van der Waals surface area contributed by atoms with Crippen molar-refractivity contribution in [3.63, 3.8) is 0 Å². The van der Waals surface area contributed by atoms with Crippen LogP contribution >= 0.6 is 0 Å². The molecule has 1 rings (SSSR count). The van der Waals surface area contributed by atoms with Gasteiger partial charge in [-0.15, -0.1) is 0 Å². The summed E-state index contributed by atoms with van der Waals surface area (Å²) < 4.78 is 5.43. The largest absolute Gasteiger partial charge is 0.394 e. The average molecular weight is 272 g/mol. The lowest BCUT2D eigenvalue weighted by atomic mass is 9.90. The molecule has 1 saturated heterocycles. The Labute approximate surface area is 118 Å². The van der Waals surface area contributed by atoms with Gasteiger partial charge in [0, 0.05) is 24.2 Å². The molecule has 2 N–H and O–H groups in total. The first-order valence-electron chi connectivity index (χ1n) is 7.69. The Bertz CT molecular complexity index is 236. The Balaban J connectivity index is 2.34. The highest BCUT2D eigenvalue weighted by Crippen LogP contribution is 2.19. The summed E-state index contributed by atoms with van der Waals surface area (Å²) in [7, 11) is 2.18. The zero-order chi connectivity index (χ0) is 14.3. The molecule has 1 fully saturated rings. The van der Waals surface area contributed by atoms with Crippen LogP contribution in [0.5, 0.6) is 0 Å². The van der Waals surface area contributed by atoms with Gasteiger partial charge in [-0.3, -0.25) is 0 Å². The van der Waals surface area contributed by atoms with Crippen LogP contribution in [0.3, 0.4) is 0 Å². The third kappa shape index (κ3) is 5.38. The lowest BCUT2D eigenvalue weighted by Crippen LogP contribution is -2.51. The molecule has 0 amide bonds. The zero-order valence-electron chi connectivity index (χ0n) is 13.1. The number of hydrogen-bond acceptors (Lipinski definition) is 4. The quantitative estimate of drug-likeness (QED) is 0.669. The average Bonchev–Trinajstić information content (AvgIpc) is 2.90. The molecule has 0 aliphatic carbocycles. The molecule has 4 heteroatoms. The Morgan fingerprint density at radius 1 is 1.47 bits per heavy atom. The number of hydrogen-bond donors (Lipinski definition) is 2. The summed E-state index contributed by atoms with van der Waals surface area (Å²) in [6.45, 7) is 9.51. The van der Waals surface area contributed by atoms with E-state index in [2.05, 4.69) is 38.0 Å². The van der Waals surface area contributed by atoms with Crippen LogP contribution in [0.2, 0.25) is 0 Å². The van der Waals surface area contributed by atoms with Gasteiger partial charge in [0.05, 0.1) is 13.2 Å². The zero-order valence-corrected chi connectivity index (χ0v) is 13.1. The second-order valence-electron chi connectivity index (χ2n) is 6.19. The van der Waals surface area contributed by atoms with Crippen LogP contribution in [-0.2, 0) is 4.74 Å². The van der Waals surface area contributed by atoms with E-state index in [9.17, 15) is 5.11 Å². The Kier molecular flexibility index (Phi) is 7.29. The number of likely N-dealkylation sites (N-methyl/N-ethyl adjacent to an activating group) is 1. The highest BCUT2D eigenvalue weighted by atomic mass is 16.5. The van der Waals surface area contributed by atoms with E-state index in [1.165, 1.54) is 0 Å². The Morgan fingerprint density at radius 3 is 2.68 bits per heavy atom. The molecule has 0 spiro atoms. The number of rotatable bonds is 9. The second kappa shape index (κ2) is 8.20. The van der Waals surface area contributed by atoms with E-state index in [0.717, 1.165) is 45.4 Å². The van der Waals surface area contributed by atoms with Gasteiger partial charge in [0.15, 0.2) is 0 Å². The summed E-state index contributed by atoms with van der Waals surface area (Å²) in [5, 5.41) is 13.2. The first-order valence-corrected chi connectivity index (χ1v) is 7.69. The normalized spacial score (nSPS) is 23.2. The van der Waals surface area contributed by atoms with E-state index >= 15 is 0 Å². The van der Waals surface area contributed by atoms with Gasteiger partial charge in [0.25, 0.3) is 0 Å². The Morgan fingerprint density at radius 2 is 2.21 bits per heavy atom. The fraction of sp³-hybridized carbons (Fsp3) is 1.00. The predicted octanol–water partition coefficient (Wildman–Crippen LogP) is 1.63. The molecular weight excluding hydrogens is 240 g/mol. The number of nitrogens with one attached hydrogen (secondary N) is 1. The van der Waals surface area contributed by atoms with Crippen LogP contribution in [-0.4, -0.2) is 61.0 Å². The highest BCUT2D eigenvalue weighted by Gasteiger charge is 2.28. The number of ether oxygens (including phenoxy) is 1. The summed E-state index contributed by atoms with van der Waals surface area (Å²) in [6.07, 6.45) is 4.26. The molecule has 1 aliphatic rings. The van der Waals surface area contributed by atoms with E-state index in [4.69, 9.17) is 4.74 Å². The maximum absolute atomic E-state index is 9.71. The minimum absolute atomic E-state index is 0.110. The van der Waals surface area contributed by atoms with Gasteiger partial charge in [0.1, 0.15) is 0 Å². The summed E-state index contributed by atoms with van der Waals surface area (Å²) in [4.78, 5) is 2.40. The van der Waals surface area contributed by atoms with E-state index in [0.29, 0.717) is 12.1 Å². The van der Waals surface area contributed by atoms with Crippen LogP contribution < -0.4 is 5.32 Å². The maximum Gasteiger partial charge on any atom is 0.0622 e.